The van der Waals surface area contributed by atoms with E-state index in [4.69, 9.17) is 16.7 Å². The van der Waals surface area contributed by atoms with Crippen LogP contribution in [0.3, 0.4) is 0 Å². The van der Waals surface area contributed by atoms with Gasteiger partial charge >= 0.3 is 5.97 Å². The number of imidazole rings is 1. The fraction of sp³-hybridized carbons (Fsp3) is 0.385. The fourth-order valence-corrected chi connectivity index (χ4v) is 3.47. The fourth-order valence-electron chi connectivity index (χ4n) is 2.32. The molecule has 0 fully saturated rings. The van der Waals surface area contributed by atoms with Crippen molar-refractivity contribution in [3.8, 4) is 0 Å². The van der Waals surface area contributed by atoms with Crippen LogP contribution in [-0.4, -0.2) is 38.0 Å². The normalized spacial score (nSPS) is 15.5. The molecule has 0 aliphatic carbocycles. The Balaban J connectivity index is 1.91. The van der Waals surface area contributed by atoms with Crippen LogP contribution in [0.15, 0.2) is 17.3 Å². The predicted octanol–water partition coefficient (Wildman–Crippen LogP) is 2.80. The first-order valence-corrected chi connectivity index (χ1v) is 7.51. The Morgan fingerprint density at radius 3 is 3.05 bits per heavy atom. The second-order valence-corrected chi connectivity index (χ2v) is 6.22. The van der Waals surface area contributed by atoms with Crippen molar-refractivity contribution in [1.82, 2.24) is 13.9 Å². The minimum atomic E-state index is -0.771. The molecule has 5 nitrogen and oxygen atoms in total. The van der Waals surface area contributed by atoms with Gasteiger partial charge in [-0.15, -0.1) is 0 Å². The molecule has 1 aromatic carbocycles. The van der Waals surface area contributed by atoms with Gasteiger partial charge in [0.05, 0.1) is 17.5 Å². The van der Waals surface area contributed by atoms with E-state index in [0.717, 1.165) is 39.9 Å². The van der Waals surface area contributed by atoms with Crippen LogP contribution in [-0.2, 0) is 11.3 Å². The van der Waals surface area contributed by atoms with E-state index in [9.17, 15) is 4.79 Å². The van der Waals surface area contributed by atoms with Crippen LogP contribution >= 0.6 is 23.5 Å². The molecule has 1 aliphatic rings. The lowest BCUT2D eigenvalue weighted by Crippen LogP contribution is -2.28. The van der Waals surface area contributed by atoms with Crippen LogP contribution in [0.1, 0.15) is 12.0 Å². The van der Waals surface area contributed by atoms with E-state index in [1.165, 1.54) is 11.9 Å². The predicted molar refractivity (Wildman–Crippen MR) is 79.2 cm³/mol. The average molecular weight is 312 g/mol. The number of fused-ring (bicyclic) bond motifs is 3. The number of aromatic nitrogens is 2. The van der Waals surface area contributed by atoms with E-state index in [0.29, 0.717) is 6.54 Å². The van der Waals surface area contributed by atoms with Crippen molar-refractivity contribution in [2.75, 3.05) is 13.1 Å². The van der Waals surface area contributed by atoms with E-state index >= 15 is 0 Å². The van der Waals surface area contributed by atoms with Crippen LogP contribution in [0.25, 0.3) is 11.0 Å². The Bertz CT molecular complexity index is 686. The zero-order chi connectivity index (χ0) is 14.3. The number of aryl methyl sites for hydroxylation is 1. The third kappa shape index (κ3) is 2.39. The molecule has 20 heavy (non-hydrogen) atoms. The maximum absolute atomic E-state index is 10.6. The highest BCUT2D eigenvalue weighted by atomic mass is 35.5. The van der Waals surface area contributed by atoms with Crippen molar-refractivity contribution in [1.29, 1.82) is 0 Å². The molecule has 2 heterocycles. The van der Waals surface area contributed by atoms with Crippen LogP contribution in [0.5, 0.6) is 0 Å². The summed E-state index contributed by atoms with van der Waals surface area (Å²) in [5.41, 5.74) is 3.01. The van der Waals surface area contributed by atoms with Crippen molar-refractivity contribution in [2.45, 2.75) is 25.0 Å². The number of halogens is 1. The van der Waals surface area contributed by atoms with Crippen LogP contribution < -0.4 is 0 Å². The van der Waals surface area contributed by atoms with Gasteiger partial charge in [0, 0.05) is 24.7 Å². The number of hydrogen-bond donors (Lipinski definition) is 1. The molecule has 0 atom stereocenters. The third-order valence-corrected chi connectivity index (χ3v) is 4.94. The molecule has 1 N–H and O–H groups in total. The van der Waals surface area contributed by atoms with Gasteiger partial charge in [-0.25, -0.2) is 9.29 Å². The molecule has 0 spiro atoms. The Hall–Kier alpha value is -1.24. The molecule has 3 rings (SSSR count). The van der Waals surface area contributed by atoms with Crippen molar-refractivity contribution >= 4 is 40.6 Å². The highest BCUT2D eigenvalue weighted by molar-refractivity contribution is 7.96. The largest absolute Gasteiger partial charge is 0.481 e. The summed E-state index contributed by atoms with van der Waals surface area (Å²) in [7, 11) is 0. The molecule has 0 amide bonds. The quantitative estimate of drug-likeness (QED) is 0.883. The molecule has 0 saturated carbocycles. The van der Waals surface area contributed by atoms with E-state index in [1.54, 1.807) is 0 Å². The molecule has 7 heteroatoms. The van der Waals surface area contributed by atoms with Crippen LogP contribution in [0.2, 0.25) is 5.02 Å². The van der Waals surface area contributed by atoms with Crippen molar-refractivity contribution < 1.29 is 9.90 Å². The number of carbonyl (C=O) groups is 1. The van der Waals surface area contributed by atoms with Crippen molar-refractivity contribution in [2.24, 2.45) is 0 Å². The van der Waals surface area contributed by atoms with E-state index in [-0.39, 0.29) is 6.42 Å². The molecule has 2 aromatic rings. The second-order valence-electron chi connectivity index (χ2n) is 4.75. The molecular formula is C13H14ClN3O2S. The van der Waals surface area contributed by atoms with Gasteiger partial charge in [-0.05, 0) is 36.6 Å². The van der Waals surface area contributed by atoms with Gasteiger partial charge in [0.2, 0.25) is 0 Å². The first kappa shape index (κ1) is 13.7. The molecule has 106 valence electrons. The van der Waals surface area contributed by atoms with E-state index < -0.39 is 5.97 Å². The monoisotopic (exact) mass is 311 g/mol. The van der Waals surface area contributed by atoms with Crippen molar-refractivity contribution in [3.63, 3.8) is 0 Å². The number of hydrogen-bond acceptors (Lipinski definition) is 4. The van der Waals surface area contributed by atoms with Gasteiger partial charge in [-0.3, -0.25) is 4.79 Å². The topological polar surface area (TPSA) is 58.4 Å². The number of carboxylic acid groups (broad SMARTS) is 1. The average Bonchev–Trinajstić information content (AvgIpc) is 2.79. The first-order chi connectivity index (χ1) is 9.56. The second kappa shape index (κ2) is 5.27. The summed E-state index contributed by atoms with van der Waals surface area (Å²) in [4.78, 5) is 15.3. The number of nitrogens with zero attached hydrogens (tertiary/aromatic N) is 3. The Kier molecular flexibility index (Phi) is 3.62. The zero-order valence-corrected chi connectivity index (χ0v) is 12.5. The number of benzene rings is 1. The minimum absolute atomic E-state index is 0.151. The lowest BCUT2D eigenvalue weighted by atomic mass is 10.2. The van der Waals surface area contributed by atoms with E-state index in [1.807, 2.05) is 23.4 Å². The first-order valence-electron chi connectivity index (χ1n) is 6.36. The molecule has 0 bridgehead atoms. The van der Waals surface area contributed by atoms with Gasteiger partial charge in [0.1, 0.15) is 0 Å². The van der Waals surface area contributed by atoms with Crippen LogP contribution in [0.4, 0.5) is 0 Å². The van der Waals surface area contributed by atoms with Gasteiger partial charge in [0.25, 0.3) is 0 Å². The smallest absolute Gasteiger partial charge is 0.304 e. The maximum atomic E-state index is 10.6. The van der Waals surface area contributed by atoms with Crippen LogP contribution in [0, 0.1) is 6.92 Å². The Labute approximate surface area is 125 Å². The van der Waals surface area contributed by atoms with Gasteiger partial charge in [-0.2, -0.15) is 0 Å². The number of aliphatic carboxylic acids is 1. The molecular weight excluding hydrogens is 298 g/mol. The lowest BCUT2D eigenvalue weighted by Gasteiger charge is -2.25. The maximum Gasteiger partial charge on any atom is 0.304 e. The summed E-state index contributed by atoms with van der Waals surface area (Å²) >= 11 is 7.65. The SMILES string of the molecule is Cc1c(Cl)ccc2c1nc1n2CCN(CCC(=O)O)S1. The standard InChI is InChI=1S/C13H14ClN3O2S/c1-8-9(14)2-3-10-12(8)15-13-17(10)7-6-16(20-13)5-4-11(18)19/h2-3H,4-7H2,1H3,(H,18,19). The van der Waals surface area contributed by atoms with Crippen molar-refractivity contribution in [3.05, 3.63) is 22.7 Å². The van der Waals surface area contributed by atoms with Gasteiger partial charge in [0.15, 0.2) is 5.16 Å². The molecule has 0 radical (unpaired) electrons. The highest BCUT2D eigenvalue weighted by Gasteiger charge is 2.22. The Morgan fingerprint density at radius 2 is 2.30 bits per heavy atom. The van der Waals surface area contributed by atoms with E-state index in [2.05, 4.69) is 9.55 Å². The lowest BCUT2D eigenvalue weighted by molar-refractivity contribution is -0.137. The summed E-state index contributed by atoms with van der Waals surface area (Å²) in [6, 6.07) is 3.89. The van der Waals surface area contributed by atoms with Gasteiger partial charge < -0.3 is 9.67 Å². The minimum Gasteiger partial charge on any atom is -0.481 e. The third-order valence-electron chi connectivity index (χ3n) is 3.43. The van der Waals surface area contributed by atoms with Gasteiger partial charge in [-0.1, -0.05) is 11.6 Å². The summed E-state index contributed by atoms with van der Waals surface area (Å²) in [5, 5.41) is 10.4. The molecule has 1 aliphatic heterocycles. The molecule has 0 saturated heterocycles. The molecule has 0 unspecified atom stereocenters. The zero-order valence-electron chi connectivity index (χ0n) is 11.0. The number of carboxylic acids is 1. The summed E-state index contributed by atoms with van der Waals surface area (Å²) in [6.45, 7) is 4.14. The Morgan fingerprint density at radius 1 is 1.50 bits per heavy atom. The summed E-state index contributed by atoms with van der Waals surface area (Å²) in [6.07, 6.45) is 0.151. The molecule has 1 aromatic heterocycles. The summed E-state index contributed by atoms with van der Waals surface area (Å²) in [5.74, 6) is -0.771. The summed E-state index contributed by atoms with van der Waals surface area (Å²) < 4.78 is 4.22. The number of rotatable bonds is 3. The highest BCUT2D eigenvalue weighted by Crippen LogP contribution is 2.33.